The second-order valence-electron chi connectivity index (χ2n) is 2.84. The zero-order valence-corrected chi connectivity index (χ0v) is 8.49. The summed E-state index contributed by atoms with van der Waals surface area (Å²) in [5.74, 6) is 5.12. The van der Waals surface area contributed by atoms with E-state index in [0.717, 1.165) is 0 Å². The number of aliphatic hydroxyl groups excluding tert-OH is 1. The molecule has 7 heteroatoms. The molecule has 1 aromatic carbocycles. The molecule has 0 aliphatic rings. The van der Waals surface area contributed by atoms with Gasteiger partial charge < -0.3 is 10.5 Å². The van der Waals surface area contributed by atoms with Crippen LogP contribution in [0.25, 0.3) is 0 Å². The minimum atomic E-state index is -0.563. The van der Waals surface area contributed by atoms with Crippen molar-refractivity contribution in [2.45, 2.75) is 6.42 Å². The van der Waals surface area contributed by atoms with Crippen LogP contribution in [0.1, 0.15) is 5.56 Å². The molecule has 0 amide bonds. The maximum atomic E-state index is 10.7. The lowest BCUT2D eigenvalue weighted by Gasteiger charge is -2.06. The second kappa shape index (κ2) is 4.92. The lowest BCUT2D eigenvalue weighted by Crippen LogP contribution is -2.09. The number of anilines is 1. The van der Waals surface area contributed by atoms with Crippen LogP contribution in [-0.4, -0.2) is 16.6 Å². The molecule has 0 heterocycles. The highest BCUT2D eigenvalue weighted by Crippen LogP contribution is 2.30. The minimum absolute atomic E-state index is 0.119. The molecule has 0 aliphatic heterocycles. The number of nitrogens with one attached hydrogen (secondary N) is 1. The lowest BCUT2D eigenvalue weighted by atomic mass is 10.1. The number of hydrazine groups is 1. The van der Waals surface area contributed by atoms with E-state index in [4.69, 9.17) is 22.6 Å². The Kier molecular flexibility index (Phi) is 3.84. The van der Waals surface area contributed by atoms with Crippen molar-refractivity contribution < 1.29 is 10.0 Å². The van der Waals surface area contributed by atoms with Crippen LogP contribution in [0, 0.1) is 10.1 Å². The summed E-state index contributed by atoms with van der Waals surface area (Å²) in [5.41, 5.74) is 2.70. The first-order valence-corrected chi connectivity index (χ1v) is 4.52. The summed E-state index contributed by atoms with van der Waals surface area (Å²) in [7, 11) is 0. The number of hydrogen-bond donors (Lipinski definition) is 3. The Morgan fingerprint density at radius 1 is 1.60 bits per heavy atom. The number of nitrogens with two attached hydrogens (primary N) is 1. The van der Waals surface area contributed by atoms with E-state index in [0.29, 0.717) is 10.6 Å². The molecule has 0 radical (unpaired) electrons. The van der Waals surface area contributed by atoms with E-state index >= 15 is 0 Å². The summed E-state index contributed by atoms with van der Waals surface area (Å²) in [5, 5.41) is 19.7. The molecule has 82 valence electrons. The van der Waals surface area contributed by atoms with Crippen molar-refractivity contribution in [2.24, 2.45) is 5.84 Å². The van der Waals surface area contributed by atoms with E-state index in [1.807, 2.05) is 0 Å². The van der Waals surface area contributed by atoms with E-state index in [1.54, 1.807) is 0 Å². The van der Waals surface area contributed by atoms with Crippen LogP contribution >= 0.6 is 11.6 Å². The minimum Gasteiger partial charge on any atom is -0.396 e. The van der Waals surface area contributed by atoms with E-state index in [1.165, 1.54) is 12.1 Å². The Morgan fingerprint density at radius 2 is 2.27 bits per heavy atom. The number of nitro groups is 1. The van der Waals surface area contributed by atoms with Gasteiger partial charge in [0.15, 0.2) is 0 Å². The molecule has 1 rings (SSSR count). The summed E-state index contributed by atoms with van der Waals surface area (Å²) < 4.78 is 0. The fraction of sp³-hybridized carbons (Fsp3) is 0.250. The van der Waals surface area contributed by atoms with E-state index in [9.17, 15) is 10.1 Å². The molecular formula is C8H10ClN3O3. The first-order valence-electron chi connectivity index (χ1n) is 4.14. The highest BCUT2D eigenvalue weighted by Gasteiger charge is 2.16. The molecule has 0 aliphatic carbocycles. The molecule has 0 unspecified atom stereocenters. The van der Waals surface area contributed by atoms with Crippen molar-refractivity contribution in [3.05, 3.63) is 32.8 Å². The van der Waals surface area contributed by atoms with Gasteiger partial charge >= 0.3 is 0 Å². The van der Waals surface area contributed by atoms with Gasteiger partial charge in [0.1, 0.15) is 5.69 Å². The normalized spacial score (nSPS) is 10.1. The monoisotopic (exact) mass is 231 g/mol. The summed E-state index contributed by atoms with van der Waals surface area (Å²) in [6, 6.07) is 2.67. The summed E-state index contributed by atoms with van der Waals surface area (Å²) >= 11 is 5.83. The predicted octanol–water partition coefficient (Wildman–Crippen LogP) is 1.07. The molecule has 0 bridgehead atoms. The predicted molar refractivity (Wildman–Crippen MR) is 56.7 cm³/mol. The van der Waals surface area contributed by atoms with E-state index in [-0.39, 0.29) is 24.4 Å². The molecule has 0 fully saturated rings. The molecule has 0 saturated heterocycles. The first kappa shape index (κ1) is 11.7. The van der Waals surface area contributed by atoms with Gasteiger partial charge in [-0.1, -0.05) is 11.6 Å². The molecule has 4 N–H and O–H groups in total. The van der Waals surface area contributed by atoms with Crippen molar-refractivity contribution in [3.8, 4) is 0 Å². The zero-order valence-electron chi connectivity index (χ0n) is 7.74. The highest BCUT2D eigenvalue weighted by atomic mass is 35.5. The number of aliphatic hydroxyl groups is 1. The topological polar surface area (TPSA) is 101 Å². The standard InChI is InChI=1S/C8H10ClN3O3/c9-6-4-7(11-10)8(12(14)15)3-5(6)1-2-13/h3-4,11,13H,1-2,10H2. The smallest absolute Gasteiger partial charge is 0.294 e. The fourth-order valence-electron chi connectivity index (χ4n) is 1.18. The largest absolute Gasteiger partial charge is 0.396 e. The number of benzene rings is 1. The summed E-state index contributed by atoms with van der Waals surface area (Å²) in [4.78, 5) is 10.1. The third-order valence-electron chi connectivity index (χ3n) is 1.90. The molecule has 6 nitrogen and oxygen atoms in total. The molecule has 0 atom stereocenters. The average Bonchev–Trinajstić information content (AvgIpc) is 2.20. The highest BCUT2D eigenvalue weighted by molar-refractivity contribution is 6.31. The van der Waals surface area contributed by atoms with Crippen LogP contribution in [0.2, 0.25) is 5.02 Å². The Morgan fingerprint density at radius 3 is 2.73 bits per heavy atom. The van der Waals surface area contributed by atoms with Crippen molar-refractivity contribution in [3.63, 3.8) is 0 Å². The summed E-state index contributed by atoms with van der Waals surface area (Å²) in [6.45, 7) is -0.119. The van der Waals surface area contributed by atoms with Gasteiger partial charge in [0.25, 0.3) is 5.69 Å². The lowest BCUT2D eigenvalue weighted by molar-refractivity contribution is -0.384. The molecule has 0 spiro atoms. The van der Waals surface area contributed by atoms with Crippen LogP contribution in [0.5, 0.6) is 0 Å². The third kappa shape index (κ3) is 2.56. The van der Waals surface area contributed by atoms with Gasteiger partial charge in [-0.2, -0.15) is 0 Å². The van der Waals surface area contributed by atoms with Gasteiger partial charge in [-0.15, -0.1) is 0 Å². The Labute approximate surface area is 90.8 Å². The van der Waals surface area contributed by atoms with E-state index in [2.05, 4.69) is 5.43 Å². The number of hydrogen-bond acceptors (Lipinski definition) is 5. The molecule has 0 aromatic heterocycles. The van der Waals surface area contributed by atoms with Gasteiger partial charge in [-0.05, 0) is 18.1 Å². The van der Waals surface area contributed by atoms with Crippen molar-refractivity contribution in [1.29, 1.82) is 0 Å². The molecule has 15 heavy (non-hydrogen) atoms. The third-order valence-corrected chi connectivity index (χ3v) is 2.25. The van der Waals surface area contributed by atoms with Gasteiger partial charge in [-0.3, -0.25) is 16.0 Å². The number of nitro benzene ring substituents is 1. The van der Waals surface area contributed by atoms with Crippen molar-refractivity contribution in [2.75, 3.05) is 12.0 Å². The van der Waals surface area contributed by atoms with E-state index < -0.39 is 4.92 Å². The van der Waals surface area contributed by atoms with Crippen molar-refractivity contribution in [1.82, 2.24) is 0 Å². The van der Waals surface area contributed by atoms with Crippen LogP contribution < -0.4 is 11.3 Å². The maximum absolute atomic E-state index is 10.7. The second-order valence-corrected chi connectivity index (χ2v) is 3.24. The quantitative estimate of drug-likeness (QED) is 0.409. The SMILES string of the molecule is NNc1cc(Cl)c(CCO)cc1[N+](=O)[O-]. The number of nitrogen functional groups attached to an aromatic ring is 1. The van der Waals surface area contributed by atoms with Crippen LogP contribution in [0.3, 0.4) is 0 Å². The molecule has 1 aromatic rings. The number of halogens is 1. The summed E-state index contributed by atoms with van der Waals surface area (Å²) in [6.07, 6.45) is 0.268. The van der Waals surface area contributed by atoms with Crippen molar-refractivity contribution >= 4 is 23.0 Å². The molecule has 0 saturated carbocycles. The Balaban J connectivity index is 3.23. The van der Waals surface area contributed by atoms with Gasteiger partial charge in [0.2, 0.25) is 0 Å². The van der Waals surface area contributed by atoms with Gasteiger partial charge in [-0.25, -0.2) is 0 Å². The zero-order chi connectivity index (χ0) is 11.4. The fourth-order valence-corrected chi connectivity index (χ4v) is 1.44. The number of rotatable bonds is 4. The van der Waals surface area contributed by atoms with Crippen LogP contribution in [0.15, 0.2) is 12.1 Å². The van der Waals surface area contributed by atoms with Gasteiger partial charge in [0.05, 0.1) is 4.92 Å². The van der Waals surface area contributed by atoms with Gasteiger partial charge in [0, 0.05) is 17.7 Å². The maximum Gasteiger partial charge on any atom is 0.294 e. The average molecular weight is 232 g/mol. The first-order chi connectivity index (χ1) is 7.10. The number of nitrogens with zero attached hydrogens (tertiary/aromatic N) is 1. The Hall–Kier alpha value is -1.37. The Bertz CT molecular complexity index is 384. The van der Waals surface area contributed by atoms with Crippen LogP contribution in [0.4, 0.5) is 11.4 Å². The molecular weight excluding hydrogens is 222 g/mol. The van der Waals surface area contributed by atoms with Crippen LogP contribution in [-0.2, 0) is 6.42 Å².